The molecule has 27 heavy (non-hydrogen) atoms. The smallest absolute Gasteiger partial charge is 0.244 e. The Morgan fingerprint density at radius 1 is 1.11 bits per heavy atom. The second-order valence-corrected chi connectivity index (χ2v) is 7.90. The quantitative estimate of drug-likeness (QED) is 0.720. The van der Waals surface area contributed by atoms with Gasteiger partial charge in [0.15, 0.2) is 0 Å². The fourth-order valence-corrected chi connectivity index (χ4v) is 3.83. The highest BCUT2D eigenvalue weighted by Gasteiger charge is 2.29. The third-order valence-corrected chi connectivity index (χ3v) is 5.26. The summed E-state index contributed by atoms with van der Waals surface area (Å²) in [6.07, 6.45) is 0. The van der Waals surface area contributed by atoms with Crippen molar-refractivity contribution in [3.8, 4) is 5.75 Å². The number of sulfonamides is 1. The molecule has 1 unspecified atom stereocenters. The number of nitrogens with one attached hydrogen (secondary N) is 2. The first-order chi connectivity index (χ1) is 12.7. The normalized spacial score (nSPS) is 12.6. The molecular formula is C19H23FN2O4S. The van der Waals surface area contributed by atoms with Crippen molar-refractivity contribution in [2.24, 2.45) is 5.92 Å². The standard InChI is InChI=1S/C19H23FN2O4S/c1-4-26-15-11-9-14(10-12-15)21-19(23)18(13(2)3)22-27(24,25)17-8-6-5-7-16(17)20/h5-13,18,22H,4H2,1-3H3,(H,21,23). The van der Waals surface area contributed by atoms with Crippen molar-refractivity contribution in [1.82, 2.24) is 4.72 Å². The number of rotatable bonds is 8. The molecule has 0 radical (unpaired) electrons. The summed E-state index contributed by atoms with van der Waals surface area (Å²) in [4.78, 5) is 12.1. The lowest BCUT2D eigenvalue weighted by molar-refractivity contribution is -0.118. The molecule has 0 spiro atoms. The van der Waals surface area contributed by atoms with Crippen LogP contribution in [-0.2, 0) is 14.8 Å². The molecule has 2 aromatic carbocycles. The van der Waals surface area contributed by atoms with Gasteiger partial charge in [-0.3, -0.25) is 4.79 Å². The number of anilines is 1. The molecule has 0 bridgehead atoms. The second kappa shape index (κ2) is 8.96. The van der Waals surface area contributed by atoms with Crippen LogP contribution in [0.5, 0.6) is 5.75 Å². The lowest BCUT2D eigenvalue weighted by atomic mass is 10.0. The Balaban J connectivity index is 2.16. The summed E-state index contributed by atoms with van der Waals surface area (Å²) in [6.45, 7) is 5.79. The Morgan fingerprint density at radius 3 is 2.30 bits per heavy atom. The molecule has 0 aliphatic carbocycles. The number of carbonyl (C=O) groups excluding carboxylic acids is 1. The highest BCUT2D eigenvalue weighted by molar-refractivity contribution is 7.89. The summed E-state index contributed by atoms with van der Waals surface area (Å²) in [5.74, 6) is -1.10. The number of hydrogen-bond acceptors (Lipinski definition) is 4. The number of ether oxygens (including phenoxy) is 1. The van der Waals surface area contributed by atoms with Gasteiger partial charge in [-0.05, 0) is 49.2 Å². The van der Waals surface area contributed by atoms with Gasteiger partial charge in [-0.1, -0.05) is 26.0 Å². The SMILES string of the molecule is CCOc1ccc(NC(=O)C(NS(=O)(=O)c2ccccc2F)C(C)C)cc1. The molecule has 0 saturated heterocycles. The Labute approximate surface area is 158 Å². The predicted octanol–water partition coefficient (Wildman–Crippen LogP) is 3.17. The predicted molar refractivity (Wildman–Crippen MR) is 102 cm³/mol. The number of benzene rings is 2. The highest BCUT2D eigenvalue weighted by Crippen LogP contribution is 2.18. The molecule has 2 rings (SSSR count). The van der Waals surface area contributed by atoms with Gasteiger partial charge in [0, 0.05) is 5.69 Å². The van der Waals surface area contributed by atoms with E-state index in [4.69, 9.17) is 4.74 Å². The second-order valence-electron chi connectivity index (χ2n) is 6.22. The Bertz CT molecular complexity index is 883. The summed E-state index contributed by atoms with van der Waals surface area (Å²) in [5, 5.41) is 2.67. The Morgan fingerprint density at radius 2 is 1.74 bits per heavy atom. The lowest BCUT2D eigenvalue weighted by Gasteiger charge is -2.22. The molecule has 0 fully saturated rings. The van der Waals surface area contributed by atoms with Crippen molar-refractivity contribution < 1.29 is 22.3 Å². The first-order valence-electron chi connectivity index (χ1n) is 8.55. The molecular weight excluding hydrogens is 371 g/mol. The van der Waals surface area contributed by atoms with Crippen LogP contribution >= 0.6 is 0 Å². The maximum absolute atomic E-state index is 13.9. The zero-order valence-electron chi connectivity index (χ0n) is 15.4. The third-order valence-electron chi connectivity index (χ3n) is 3.79. The molecule has 6 nitrogen and oxygen atoms in total. The average molecular weight is 394 g/mol. The van der Waals surface area contributed by atoms with E-state index in [0.717, 1.165) is 12.1 Å². The molecule has 1 amide bonds. The van der Waals surface area contributed by atoms with Gasteiger partial charge in [-0.25, -0.2) is 12.8 Å². The van der Waals surface area contributed by atoms with Crippen LogP contribution in [0.1, 0.15) is 20.8 Å². The largest absolute Gasteiger partial charge is 0.494 e. The molecule has 8 heteroatoms. The van der Waals surface area contributed by atoms with Crippen LogP contribution in [0, 0.1) is 11.7 Å². The van der Waals surface area contributed by atoms with E-state index in [1.165, 1.54) is 12.1 Å². The Hall–Kier alpha value is -2.45. The van der Waals surface area contributed by atoms with Gasteiger partial charge >= 0.3 is 0 Å². The van der Waals surface area contributed by atoms with E-state index >= 15 is 0 Å². The fraction of sp³-hybridized carbons (Fsp3) is 0.316. The minimum atomic E-state index is -4.19. The third kappa shape index (κ3) is 5.51. The minimum Gasteiger partial charge on any atom is -0.494 e. The Kier molecular flexibility index (Phi) is 6.92. The zero-order valence-corrected chi connectivity index (χ0v) is 16.2. The van der Waals surface area contributed by atoms with Crippen molar-refractivity contribution in [1.29, 1.82) is 0 Å². The van der Waals surface area contributed by atoms with Crippen LogP contribution in [0.3, 0.4) is 0 Å². The van der Waals surface area contributed by atoms with Crippen LogP contribution in [0.4, 0.5) is 10.1 Å². The topological polar surface area (TPSA) is 84.5 Å². The lowest BCUT2D eigenvalue weighted by Crippen LogP contribution is -2.47. The van der Waals surface area contributed by atoms with Crippen molar-refractivity contribution in [2.45, 2.75) is 31.7 Å². The van der Waals surface area contributed by atoms with E-state index in [-0.39, 0.29) is 5.92 Å². The van der Waals surface area contributed by atoms with E-state index in [2.05, 4.69) is 10.0 Å². The van der Waals surface area contributed by atoms with Crippen LogP contribution < -0.4 is 14.8 Å². The molecule has 0 heterocycles. The minimum absolute atomic E-state index is 0.353. The molecule has 2 aromatic rings. The summed E-state index contributed by atoms with van der Waals surface area (Å²) in [6, 6.07) is 10.7. The van der Waals surface area contributed by atoms with Gasteiger partial charge in [0.2, 0.25) is 15.9 Å². The summed E-state index contributed by atoms with van der Waals surface area (Å²) < 4.78 is 46.5. The average Bonchev–Trinajstić information content (AvgIpc) is 2.61. The first kappa shape index (κ1) is 20.9. The van der Waals surface area contributed by atoms with E-state index in [1.807, 2.05) is 6.92 Å². The van der Waals surface area contributed by atoms with E-state index in [0.29, 0.717) is 18.0 Å². The fourth-order valence-electron chi connectivity index (χ4n) is 2.41. The van der Waals surface area contributed by atoms with Gasteiger partial charge in [0.25, 0.3) is 0 Å². The van der Waals surface area contributed by atoms with Gasteiger partial charge in [-0.2, -0.15) is 4.72 Å². The van der Waals surface area contributed by atoms with E-state index in [1.54, 1.807) is 38.1 Å². The zero-order chi connectivity index (χ0) is 20.0. The summed E-state index contributed by atoms with van der Waals surface area (Å²) in [7, 11) is -4.19. The van der Waals surface area contributed by atoms with Gasteiger partial charge in [0.1, 0.15) is 22.5 Å². The van der Waals surface area contributed by atoms with Crippen molar-refractivity contribution in [3.05, 3.63) is 54.3 Å². The van der Waals surface area contributed by atoms with Crippen LogP contribution in [0.2, 0.25) is 0 Å². The maximum atomic E-state index is 13.9. The van der Waals surface area contributed by atoms with Gasteiger partial charge < -0.3 is 10.1 Å². The monoisotopic (exact) mass is 394 g/mol. The molecule has 2 N–H and O–H groups in total. The van der Waals surface area contributed by atoms with Crippen molar-refractivity contribution in [3.63, 3.8) is 0 Å². The van der Waals surface area contributed by atoms with Crippen LogP contribution in [-0.4, -0.2) is 27.0 Å². The molecule has 0 aliphatic heterocycles. The van der Waals surface area contributed by atoms with Gasteiger partial charge in [0.05, 0.1) is 6.61 Å². The van der Waals surface area contributed by atoms with Gasteiger partial charge in [-0.15, -0.1) is 0 Å². The van der Waals surface area contributed by atoms with Crippen molar-refractivity contribution in [2.75, 3.05) is 11.9 Å². The maximum Gasteiger partial charge on any atom is 0.244 e. The van der Waals surface area contributed by atoms with E-state index < -0.39 is 32.7 Å². The van der Waals surface area contributed by atoms with Crippen LogP contribution in [0.15, 0.2) is 53.4 Å². The number of carbonyl (C=O) groups is 1. The molecule has 0 aliphatic rings. The summed E-state index contributed by atoms with van der Waals surface area (Å²) in [5.41, 5.74) is 0.499. The summed E-state index contributed by atoms with van der Waals surface area (Å²) >= 11 is 0. The molecule has 0 saturated carbocycles. The molecule has 0 aromatic heterocycles. The molecule has 146 valence electrons. The molecule has 1 atom stereocenters. The van der Waals surface area contributed by atoms with Crippen LogP contribution in [0.25, 0.3) is 0 Å². The van der Waals surface area contributed by atoms with E-state index in [9.17, 15) is 17.6 Å². The van der Waals surface area contributed by atoms with Crippen molar-refractivity contribution >= 4 is 21.6 Å². The number of amides is 1. The highest BCUT2D eigenvalue weighted by atomic mass is 32.2. The first-order valence-corrected chi connectivity index (χ1v) is 10.0. The number of halogens is 1. The number of hydrogen-bond donors (Lipinski definition) is 2.